The van der Waals surface area contributed by atoms with Crippen molar-refractivity contribution in [3.8, 4) is 5.75 Å². The molecule has 1 N–H and O–H groups in total. The number of imidazole rings is 1. The van der Waals surface area contributed by atoms with E-state index in [-0.39, 0.29) is 0 Å². The Bertz CT molecular complexity index is 1670. The molecule has 0 unspecified atom stereocenters. The van der Waals surface area contributed by atoms with Crippen molar-refractivity contribution in [2.45, 2.75) is 26.4 Å². The molecule has 3 aromatic carbocycles. The van der Waals surface area contributed by atoms with Crippen molar-refractivity contribution in [3.63, 3.8) is 0 Å². The summed E-state index contributed by atoms with van der Waals surface area (Å²) in [5, 5.41) is 9.26. The quantitative estimate of drug-likeness (QED) is 0.366. The van der Waals surface area contributed by atoms with Crippen LogP contribution in [0.2, 0.25) is 0 Å². The summed E-state index contributed by atoms with van der Waals surface area (Å²) in [4.78, 5) is 14.4. The molecule has 6 rings (SSSR count). The average molecular weight is 464 g/mol. The van der Waals surface area contributed by atoms with Gasteiger partial charge in [0.05, 0.1) is 23.7 Å². The summed E-state index contributed by atoms with van der Waals surface area (Å²) in [6.07, 6.45) is 0.687. The van der Waals surface area contributed by atoms with Crippen LogP contribution in [0.3, 0.4) is 0 Å². The first kappa shape index (κ1) is 21.1. The first-order valence-electron chi connectivity index (χ1n) is 11.6. The van der Waals surface area contributed by atoms with Crippen LogP contribution in [0.4, 0.5) is 5.95 Å². The molecule has 0 saturated carbocycles. The fourth-order valence-corrected chi connectivity index (χ4v) is 4.47. The van der Waals surface area contributed by atoms with Crippen molar-refractivity contribution < 1.29 is 4.74 Å². The second-order valence-corrected chi connectivity index (χ2v) is 8.47. The third kappa shape index (κ3) is 3.93. The number of methoxy groups -OCH3 is 1. The molecule has 0 spiro atoms. The number of ether oxygens (including phenoxy) is 1. The minimum absolute atomic E-state index is 0.590. The number of hydrogen-bond acceptors (Lipinski definition) is 6. The van der Waals surface area contributed by atoms with Gasteiger partial charge in [-0.2, -0.15) is 4.52 Å². The van der Waals surface area contributed by atoms with Crippen molar-refractivity contribution in [3.05, 3.63) is 90.0 Å². The normalized spacial score (nSPS) is 11.5. The summed E-state index contributed by atoms with van der Waals surface area (Å²) in [5.74, 6) is 3.24. The van der Waals surface area contributed by atoms with Crippen molar-refractivity contribution in [1.29, 1.82) is 0 Å². The molecule has 3 heterocycles. The number of fused-ring (bicyclic) bond motifs is 4. The molecular formula is C27H25N7O. The van der Waals surface area contributed by atoms with Crippen molar-refractivity contribution in [2.75, 3.05) is 12.4 Å². The van der Waals surface area contributed by atoms with Gasteiger partial charge >= 0.3 is 0 Å². The van der Waals surface area contributed by atoms with Crippen molar-refractivity contribution in [2.24, 2.45) is 0 Å². The number of hydrogen-bond donors (Lipinski definition) is 1. The number of aromatic nitrogens is 6. The van der Waals surface area contributed by atoms with Gasteiger partial charge < -0.3 is 14.6 Å². The third-order valence-corrected chi connectivity index (χ3v) is 6.21. The van der Waals surface area contributed by atoms with Crippen LogP contribution in [0, 0.1) is 6.92 Å². The monoisotopic (exact) mass is 463 g/mol. The Morgan fingerprint density at radius 3 is 2.60 bits per heavy atom. The Hall–Kier alpha value is -4.46. The zero-order valence-corrected chi connectivity index (χ0v) is 19.6. The van der Waals surface area contributed by atoms with Gasteiger partial charge in [0.2, 0.25) is 5.95 Å². The number of para-hydroxylation sites is 3. The lowest BCUT2D eigenvalue weighted by Gasteiger charge is -2.10. The molecular weight excluding hydrogens is 438 g/mol. The topological polar surface area (TPSA) is 82.2 Å². The lowest BCUT2D eigenvalue weighted by molar-refractivity contribution is 0.414. The molecule has 8 nitrogen and oxygen atoms in total. The maximum absolute atomic E-state index is 5.35. The third-order valence-electron chi connectivity index (χ3n) is 6.21. The largest absolute Gasteiger partial charge is 0.497 e. The van der Waals surface area contributed by atoms with Crippen LogP contribution in [0.5, 0.6) is 5.75 Å². The Kier molecular flexibility index (Phi) is 5.25. The summed E-state index contributed by atoms with van der Waals surface area (Å²) in [6.45, 7) is 3.38. The smallest absolute Gasteiger partial charge is 0.226 e. The highest BCUT2D eigenvalue weighted by atomic mass is 16.5. The molecule has 0 radical (unpaired) electrons. The van der Waals surface area contributed by atoms with E-state index >= 15 is 0 Å². The zero-order valence-electron chi connectivity index (χ0n) is 19.6. The second kappa shape index (κ2) is 8.72. The van der Waals surface area contributed by atoms with Gasteiger partial charge in [0.1, 0.15) is 11.6 Å². The van der Waals surface area contributed by atoms with Crippen molar-refractivity contribution >= 4 is 33.5 Å². The van der Waals surface area contributed by atoms with Gasteiger partial charge in [0.25, 0.3) is 0 Å². The molecule has 0 aliphatic rings. The molecule has 0 fully saturated rings. The van der Waals surface area contributed by atoms with Gasteiger partial charge in [-0.05, 0) is 48.9 Å². The fraction of sp³-hybridized carbons (Fsp3) is 0.185. The van der Waals surface area contributed by atoms with E-state index in [2.05, 4.69) is 27.0 Å². The first-order valence-corrected chi connectivity index (χ1v) is 11.6. The lowest BCUT2D eigenvalue weighted by Crippen LogP contribution is -2.08. The fourth-order valence-electron chi connectivity index (χ4n) is 4.47. The molecule has 0 bridgehead atoms. The van der Waals surface area contributed by atoms with E-state index in [9.17, 15) is 0 Å². The molecule has 174 valence electrons. The molecule has 0 atom stereocenters. The van der Waals surface area contributed by atoms with Crippen LogP contribution in [-0.4, -0.2) is 36.2 Å². The maximum Gasteiger partial charge on any atom is 0.226 e. The molecule has 3 aromatic heterocycles. The van der Waals surface area contributed by atoms with Gasteiger partial charge in [-0.25, -0.2) is 15.0 Å². The number of aryl methyl sites for hydroxylation is 3. The van der Waals surface area contributed by atoms with Crippen LogP contribution in [0.1, 0.15) is 17.2 Å². The number of benzene rings is 3. The zero-order chi connectivity index (χ0) is 23.8. The predicted octanol–water partition coefficient (Wildman–Crippen LogP) is 4.80. The Balaban J connectivity index is 1.34. The van der Waals surface area contributed by atoms with E-state index in [0.29, 0.717) is 18.9 Å². The van der Waals surface area contributed by atoms with Crippen molar-refractivity contribution in [1.82, 2.24) is 29.1 Å². The Morgan fingerprint density at radius 1 is 0.886 bits per heavy atom. The van der Waals surface area contributed by atoms with E-state index in [0.717, 1.165) is 57.1 Å². The SMILES string of the molecule is COc1cccc(CNc2nc3ccccc3c3nc(CCn4c(C)nc5ccccc54)nn23)c1. The highest BCUT2D eigenvalue weighted by Gasteiger charge is 2.14. The number of nitrogens with zero attached hydrogens (tertiary/aromatic N) is 6. The van der Waals surface area contributed by atoms with E-state index in [1.165, 1.54) is 0 Å². The van der Waals surface area contributed by atoms with Crippen LogP contribution in [0.25, 0.3) is 27.6 Å². The van der Waals surface area contributed by atoms with E-state index in [1.807, 2.05) is 72.1 Å². The van der Waals surface area contributed by atoms with Gasteiger partial charge in [-0.15, -0.1) is 5.10 Å². The summed E-state index contributed by atoms with van der Waals surface area (Å²) in [6, 6.07) is 24.2. The lowest BCUT2D eigenvalue weighted by atomic mass is 10.2. The summed E-state index contributed by atoms with van der Waals surface area (Å²) in [5.41, 5.74) is 4.90. The molecule has 0 amide bonds. The van der Waals surface area contributed by atoms with Crippen LogP contribution in [0.15, 0.2) is 72.8 Å². The molecule has 8 heteroatoms. The maximum atomic E-state index is 5.35. The van der Waals surface area contributed by atoms with E-state index in [1.54, 1.807) is 7.11 Å². The van der Waals surface area contributed by atoms with Gasteiger partial charge in [-0.3, -0.25) is 0 Å². The number of nitrogens with one attached hydrogen (secondary N) is 1. The molecule has 0 aliphatic heterocycles. The molecule has 6 aromatic rings. The van der Waals surface area contributed by atoms with Gasteiger partial charge in [-0.1, -0.05) is 36.4 Å². The predicted molar refractivity (Wildman–Crippen MR) is 137 cm³/mol. The standard InChI is InChI=1S/C27H25N7O/c1-18-29-23-12-5-6-13-24(23)33(18)15-14-25-31-26-21-10-3-4-11-22(21)30-27(34(26)32-25)28-17-19-8-7-9-20(16-19)35-2/h3-13,16H,14-15,17H2,1-2H3,(H,28,30). The van der Waals surface area contributed by atoms with Crippen LogP contribution < -0.4 is 10.1 Å². The molecule has 0 aliphatic carbocycles. The molecule has 35 heavy (non-hydrogen) atoms. The van der Waals surface area contributed by atoms with Gasteiger partial charge in [0.15, 0.2) is 11.5 Å². The number of rotatable bonds is 7. The van der Waals surface area contributed by atoms with E-state index in [4.69, 9.17) is 19.8 Å². The average Bonchev–Trinajstić information content (AvgIpc) is 3.46. The summed E-state index contributed by atoms with van der Waals surface area (Å²) in [7, 11) is 1.67. The summed E-state index contributed by atoms with van der Waals surface area (Å²) < 4.78 is 9.39. The summed E-state index contributed by atoms with van der Waals surface area (Å²) >= 11 is 0. The highest BCUT2D eigenvalue weighted by molar-refractivity contribution is 5.92. The van der Waals surface area contributed by atoms with Crippen LogP contribution in [-0.2, 0) is 19.5 Å². The second-order valence-electron chi connectivity index (χ2n) is 8.47. The first-order chi connectivity index (χ1) is 17.2. The van der Waals surface area contributed by atoms with Gasteiger partial charge in [0, 0.05) is 24.9 Å². The van der Waals surface area contributed by atoms with E-state index < -0.39 is 0 Å². The Labute approximate surface area is 202 Å². The Morgan fingerprint density at radius 2 is 1.71 bits per heavy atom. The van der Waals surface area contributed by atoms with Crippen LogP contribution >= 0.6 is 0 Å². The minimum atomic E-state index is 0.590. The molecule has 0 saturated heterocycles. The number of anilines is 1. The highest BCUT2D eigenvalue weighted by Crippen LogP contribution is 2.22. The minimum Gasteiger partial charge on any atom is -0.497 e.